The molecule has 1 aromatic carbocycles. The van der Waals surface area contributed by atoms with Crippen molar-refractivity contribution < 1.29 is 14.6 Å². The number of nitrogens with one attached hydrogen (secondary N) is 1. The first-order valence-electron chi connectivity index (χ1n) is 6.80. The Morgan fingerprint density at radius 2 is 2.32 bits per heavy atom. The Morgan fingerprint density at radius 3 is 3.05 bits per heavy atom. The van der Waals surface area contributed by atoms with Crippen LogP contribution < -0.4 is 10.1 Å². The van der Waals surface area contributed by atoms with E-state index in [1.165, 1.54) is 0 Å². The van der Waals surface area contributed by atoms with Crippen LogP contribution in [0.15, 0.2) is 18.2 Å². The topological polar surface area (TPSA) is 58.6 Å². The molecule has 0 saturated carbocycles. The van der Waals surface area contributed by atoms with Gasteiger partial charge in [0.25, 0.3) is 5.91 Å². The summed E-state index contributed by atoms with van der Waals surface area (Å²) in [5.74, 6) is 0.596. The predicted molar refractivity (Wildman–Crippen MR) is 73.1 cm³/mol. The van der Waals surface area contributed by atoms with Crippen molar-refractivity contribution in [2.45, 2.75) is 45.3 Å². The molecule has 0 fully saturated rings. The molecule has 4 heteroatoms. The molecular formula is C15H21NO3. The van der Waals surface area contributed by atoms with Gasteiger partial charge in [-0.15, -0.1) is 0 Å². The molecule has 4 nitrogen and oxygen atoms in total. The highest BCUT2D eigenvalue weighted by atomic mass is 16.5. The number of ether oxygens (including phenoxy) is 1. The van der Waals surface area contributed by atoms with Gasteiger partial charge in [-0.1, -0.05) is 12.1 Å². The third-order valence-electron chi connectivity index (χ3n) is 3.24. The molecule has 0 aromatic heterocycles. The Balaban J connectivity index is 2.05. The van der Waals surface area contributed by atoms with Crippen molar-refractivity contribution in [2.75, 3.05) is 6.61 Å². The number of aliphatic hydroxyl groups is 1. The molecular weight excluding hydrogens is 242 g/mol. The van der Waals surface area contributed by atoms with Crippen molar-refractivity contribution in [3.8, 4) is 5.75 Å². The molecule has 1 aliphatic rings. The summed E-state index contributed by atoms with van der Waals surface area (Å²) >= 11 is 0. The molecule has 1 unspecified atom stereocenters. The van der Waals surface area contributed by atoms with Gasteiger partial charge in [0.2, 0.25) is 0 Å². The maximum atomic E-state index is 11.6. The minimum absolute atomic E-state index is 0.0186. The maximum absolute atomic E-state index is 11.6. The monoisotopic (exact) mass is 263 g/mol. The van der Waals surface area contributed by atoms with E-state index in [-0.39, 0.29) is 18.6 Å². The van der Waals surface area contributed by atoms with Crippen molar-refractivity contribution in [1.29, 1.82) is 0 Å². The van der Waals surface area contributed by atoms with Crippen LogP contribution in [-0.2, 0) is 11.2 Å². The first kappa shape index (κ1) is 13.9. The van der Waals surface area contributed by atoms with E-state index < -0.39 is 6.10 Å². The van der Waals surface area contributed by atoms with Gasteiger partial charge in [0.15, 0.2) is 6.61 Å². The standard InChI is InChI=1S/C15H21NO3/c1-10(2)16-15(18)9-19-14-8-4-5-11-12(14)6-3-7-13(11)17/h4-5,8,10,13,17H,3,6-7,9H2,1-2H3,(H,16,18). The quantitative estimate of drug-likeness (QED) is 0.873. The van der Waals surface area contributed by atoms with Crippen LogP contribution in [0.1, 0.15) is 43.9 Å². The Morgan fingerprint density at radius 1 is 1.53 bits per heavy atom. The normalized spacial score (nSPS) is 18.0. The highest BCUT2D eigenvalue weighted by Gasteiger charge is 2.21. The lowest BCUT2D eigenvalue weighted by molar-refractivity contribution is -0.123. The van der Waals surface area contributed by atoms with Crippen LogP contribution in [0.25, 0.3) is 0 Å². The Labute approximate surface area is 113 Å². The lowest BCUT2D eigenvalue weighted by atomic mass is 9.89. The van der Waals surface area contributed by atoms with Crippen LogP contribution >= 0.6 is 0 Å². The minimum Gasteiger partial charge on any atom is -0.483 e. The van der Waals surface area contributed by atoms with Gasteiger partial charge in [-0.25, -0.2) is 0 Å². The zero-order chi connectivity index (χ0) is 13.8. The number of hydrogen-bond acceptors (Lipinski definition) is 3. The summed E-state index contributed by atoms with van der Waals surface area (Å²) in [6.45, 7) is 3.85. The molecule has 2 N–H and O–H groups in total. The van der Waals surface area contributed by atoms with Gasteiger partial charge in [0, 0.05) is 6.04 Å². The first-order chi connectivity index (χ1) is 9.08. The second kappa shape index (κ2) is 6.06. The second-order valence-electron chi connectivity index (χ2n) is 5.24. The molecule has 0 bridgehead atoms. The van der Waals surface area contributed by atoms with E-state index >= 15 is 0 Å². The fourth-order valence-corrected chi connectivity index (χ4v) is 2.43. The molecule has 2 rings (SSSR count). The number of fused-ring (bicyclic) bond motifs is 1. The lowest BCUT2D eigenvalue weighted by Crippen LogP contribution is -2.34. The predicted octanol–water partition coefficient (Wildman–Crippen LogP) is 1.96. The second-order valence-corrected chi connectivity index (χ2v) is 5.24. The van der Waals surface area contributed by atoms with Gasteiger partial charge >= 0.3 is 0 Å². The van der Waals surface area contributed by atoms with Crippen molar-refractivity contribution in [3.63, 3.8) is 0 Å². The summed E-state index contributed by atoms with van der Waals surface area (Å²) in [4.78, 5) is 11.6. The summed E-state index contributed by atoms with van der Waals surface area (Å²) in [5.41, 5.74) is 1.98. The van der Waals surface area contributed by atoms with E-state index in [9.17, 15) is 9.90 Å². The zero-order valence-electron chi connectivity index (χ0n) is 11.5. The fraction of sp³-hybridized carbons (Fsp3) is 0.533. The molecule has 0 spiro atoms. The average molecular weight is 263 g/mol. The number of aliphatic hydroxyl groups excluding tert-OH is 1. The van der Waals surface area contributed by atoms with Gasteiger partial charge in [-0.05, 0) is 50.3 Å². The van der Waals surface area contributed by atoms with Crippen LogP contribution in [0.2, 0.25) is 0 Å². The van der Waals surface area contributed by atoms with E-state index in [0.717, 1.165) is 36.1 Å². The molecule has 0 saturated heterocycles. The third kappa shape index (κ3) is 3.47. The number of carbonyl (C=O) groups excluding carboxylic acids is 1. The molecule has 1 amide bonds. The Bertz CT molecular complexity index is 457. The molecule has 104 valence electrons. The van der Waals surface area contributed by atoms with Gasteiger partial charge < -0.3 is 15.2 Å². The highest BCUT2D eigenvalue weighted by molar-refractivity contribution is 5.77. The average Bonchev–Trinajstić information content (AvgIpc) is 2.36. The summed E-state index contributed by atoms with van der Waals surface area (Å²) in [6.07, 6.45) is 2.24. The molecule has 19 heavy (non-hydrogen) atoms. The third-order valence-corrected chi connectivity index (χ3v) is 3.24. The van der Waals surface area contributed by atoms with E-state index in [2.05, 4.69) is 5.32 Å². The number of amides is 1. The fourth-order valence-electron chi connectivity index (χ4n) is 2.43. The van der Waals surface area contributed by atoms with E-state index in [4.69, 9.17) is 4.74 Å². The molecule has 1 aromatic rings. The van der Waals surface area contributed by atoms with Gasteiger partial charge in [-0.2, -0.15) is 0 Å². The largest absolute Gasteiger partial charge is 0.483 e. The SMILES string of the molecule is CC(C)NC(=O)COc1cccc2c1CCCC2O. The maximum Gasteiger partial charge on any atom is 0.258 e. The van der Waals surface area contributed by atoms with Crippen LogP contribution in [0.3, 0.4) is 0 Å². The molecule has 1 atom stereocenters. The smallest absolute Gasteiger partial charge is 0.258 e. The zero-order valence-corrected chi connectivity index (χ0v) is 11.5. The van der Waals surface area contributed by atoms with Crippen molar-refractivity contribution in [1.82, 2.24) is 5.32 Å². The highest BCUT2D eigenvalue weighted by Crippen LogP contribution is 2.35. The molecule has 0 aliphatic heterocycles. The van der Waals surface area contributed by atoms with Crippen molar-refractivity contribution in [3.05, 3.63) is 29.3 Å². The van der Waals surface area contributed by atoms with Gasteiger partial charge in [-0.3, -0.25) is 4.79 Å². The number of benzene rings is 1. The summed E-state index contributed by atoms with van der Waals surface area (Å²) < 4.78 is 5.59. The van der Waals surface area contributed by atoms with Crippen LogP contribution in [0.4, 0.5) is 0 Å². The van der Waals surface area contributed by atoms with Crippen molar-refractivity contribution in [2.24, 2.45) is 0 Å². The van der Waals surface area contributed by atoms with Gasteiger partial charge in [0.05, 0.1) is 6.10 Å². The minimum atomic E-state index is -0.406. The Kier molecular flexibility index (Phi) is 4.43. The lowest BCUT2D eigenvalue weighted by Gasteiger charge is -2.23. The molecule has 1 aliphatic carbocycles. The Hall–Kier alpha value is -1.55. The van der Waals surface area contributed by atoms with Crippen LogP contribution in [0.5, 0.6) is 5.75 Å². The number of hydrogen-bond donors (Lipinski definition) is 2. The van der Waals surface area contributed by atoms with Crippen LogP contribution in [0, 0.1) is 0 Å². The number of rotatable bonds is 4. The number of carbonyl (C=O) groups is 1. The van der Waals surface area contributed by atoms with E-state index in [0.29, 0.717) is 0 Å². The van der Waals surface area contributed by atoms with E-state index in [1.54, 1.807) is 0 Å². The van der Waals surface area contributed by atoms with E-state index in [1.807, 2.05) is 32.0 Å². The summed E-state index contributed by atoms with van der Waals surface area (Å²) in [6, 6.07) is 5.77. The van der Waals surface area contributed by atoms with Crippen molar-refractivity contribution >= 4 is 5.91 Å². The van der Waals surface area contributed by atoms with Crippen LogP contribution in [-0.4, -0.2) is 23.7 Å². The molecule has 0 radical (unpaired) electrons. The van der Waals surface area contributed by atoms with Gasteiger partial charge in [0.1, 0.15) is 5.75 Å². The molecule has 0 heterocycles. The summed E-state index contributed by atoms with van der Waals surface area (Å²) in [7, 11) is 0. The summed E-state index contributed by atoms with van der Waals surface area (Å²) in [5, 5.41) is 12.7. The first-order valence-corrected chi connectivity index (χ1v) is 6.80.